The molecule has 2 heterocycles. The van der Waals surface area contributed by atoms with E-state index in [1.54, 1.807) is 24.4 Å². The molecule has 0 aliphatic carbocycles. The SMILES string of the molecule is Cc1cccc(NC(=O)N[C@@]2(C(F)(F)F)Oc3ccc(Cl)cc3O2)n1. The fourth-order valence-electron chi connectivity index (χ4n) is 2.12. The van der Waals surface area contributed by atoms with Gasteiger partial charge in [-0.25, -0.2) is 9.78 Å². The number of urea groups is 1. The van der Waals surface area contributed by atoms with Crippen molar-refractivity contribution in [2.24, 2.45) is 0 Å². The van der Waals surface area contributed by atoms with Crippen molar-refractivity contribution in [3.63, 3.8) is 0 Å². The number of ether oxygens (including phenoxy) is 2. The highest BCUT2D eigenvalue weighted by atomic mass is 35.5. The van der Waals surface area contributed by atoms with Gasteiger partial charge in [0.15, 0.2) is 11.5 Å². The Balaban J connectivity index is 1.82. The Hall–Kier alpha value is -2.68. The Kier molecular flexibility index (Phi) is 4.11. The van der Waals surface area contributed by atoms with Gasteiger partial charge in [-0.1, -0.05) is 17.7 Å². The van der Waals surface area contributed by atoms with Crippen LogP contribution in [-0.2, 0) is 0 Å². The molecule has 0 spiro atoms. The second-order valence-corrected chi connectivity index (χ2v) is 5.59. The zero-order valence-electron chi connectivity index (χ0n) is 12.6. The summed E-state index contributed by atoms with van der Waals surface area (Å²) in [6, 6.07) is 7.21. The van der Waals surface area contributed by atoms with Crippen molar-refractivity contribution in [3.8, 4) is 11.5 Å². The molecule has 1 atom stereocenters. The second kappa shape index (κ2) is 5.99. The Morgan fingerprint density at radius 2 is 1.92 bits per heavy atom. The van der Waals surface area contributed by atoms with E-state index in [1.807, 2.05) is 0 Å². The molecular formula is C15H11ClF3N3O3. The standard InChI is InChI=1S/C15H11ClF3N3O3/c1-8-3-2-4-12(20-8)21-13(23)22-15(14(17,18)19)24-10-6-5-9(16)7-11(10)25-15/h2-7H,1H3,(H2,20,21,22,23)/t15-/m0/s1. The third kappa shape index (κ3) is 3.41. The highest BCUT2D eigenvalue weighted by molar-refractivity contribution is 6.30. The fraction of sp³-hybridized carbons (Fsp3) is 0.200. The number of nitrogens with zero attached hydrogens (tertiary/aromatic N) is 1. The van der Waals surface area contributed by atoms with Crippen LogP contribution in [0.25, 0.3) is 0 Å². The van der Waals surface area contributed by atoms with Crippen LogP contribution in [0.1, 0.15) is 5.69 Å². The smallest absolute Gasteiger partial charge is 0.424 e. The highest BCUT2D eigenvalue weighted by Gasteiger charge is 2.65. The zero-order valence-corrected chi connectivity index (χ0v) is 13.4. The molecule has 3 rings (SSSR count). The van der Waals surface area contributed by atoms with Crippen molar-refractivity contribution < 1.29 is 27.4 Å². The predicted octanol–water partition coefficient (Wildman–Crippen LogP) is 3.85. The number of nitrogens with one attached hydrogen (secondary N) is 2. The van der Waals surface area contributed by atoms with Crippen molar-refractivity contribution in [2.75, 3.05) is 5.32 Å². The lowest BCUT2D eigenvalue weighted by Crippen LogP contribution is -2.65. The third-order valence-electron chi connectivity index (χ3n) is 3.19. The summed E-state index contributed by atoms with van der Waals surface area (Å²) in [5.74, 6) is -3.73. The van der Waals surface area contributed by atoms with Crippen LogP contribution in [0.5, 0.6) is 11.5 Å². The minimum atomic E-state index is -5.06. The molecule has 2 N–H and O–H groups in total. The predicted molar refractivity (Wildman–Crippen MR) is 82.6 cm³/mol. The van der Waals surface area contributed by atoms with Gasteiger partial charge >= 0.3 is 18.1 Å². The summed E-state index contributed by atoms with van der Waals surface area (Å²) in [5, 5.41) is 4.02. The van der Waals surface area contributed by atoms with E-state index in [9.17, 15) is 18.0 Å². The zero-order chi connectivity index (χ0) is 18.2. The van der Waals surface area contributed by atoms with Gasteiger partial charge in [0, 0.05) is 16.8 Å². The number of rotatable bonds is 2. The van der Waals surface area contributed by atoms with Gasteiger partial charge in [0.25, 0.3) is 0 Å². The second-order valence-electron chi connectivity index (χ2n) is 5.15. The highest BCUT2D eigenvalue weighted by Crippen LogP contribution is 2.46. The molecule has 0 fully saturated rings. The maximum atomic E-state index is 13.5. The van der Waals surface area contributed by atoms with Gasteiger partial charge < -0.3 is 9.47 Å². The molecular weight excluding hydrogens is 363 g/mol. The summed E-state index contributed by atoms with van der Waals surface area (Å²) in [4.78, 5) is 16.0. The minimum absolute atomic E-state index is 0.0772. The number of hydrogen-bond donors (Lipinski definition) is 2. The number of pyridine rings is 1. The largest absolute Gasteiger partial charge is 0.492 e. The molecule has 0 saturated carbocycles. The van der Waals surface area contributed by atoms with Crippen molar-refractivity contribution in [1.82, 2.24) is 10.3 Å². The van der Waals surface area contributed by atoms with E-state index in [0.717, 1.165) is 6.07 Å². The molecule has 0 radical (unpaired) electrons. The summed E-state index contributed by atoms with van der Waals surface area (Å²) in [5.41, 5.74) is 0.582. The molecule has 10 heteroatoms. The van der Waals surface area contributed by atoms with Gasteiger partial charge in [0.2, 0.25) is 0 Å². The molecule has 6 nitrogen and oxygen atoms in total. The van der Waals surface area contributed by atoms with Crippen LogP contribution in [0.15, 0.2) is 36.4 Å². The summed E-state index contributed by atoms with van der Waals surface area (Å²) < 4.78 is 50.2. The minimum Gasteiger partial charge on any atom is -0.424 e. The van der Waals surface area contributed by atoms with Crippen molar-refractivity contribution in [3.05, 3.63) is 47.1 Å². The van der Waals surface area contributed by atoms with E-state index in [4.69, 9.17) is 21.1 Å². The fourth-order valence-corrected chi connectivity index (χ4v) is 2.29. The number of alkyl halides is 3. The molecule has 1 aromatic carbocycles. The normalized spacial score (nSPS) is 18.8. The van der Waals surface area contributed by atoms with Gasteiger partial charge in [-0.3, -0.25) is 10.6 Å². The lowest BCUT2D eigenvalue weighted by atomic mass is 10.3. The van der Waals surface area contributed by atoms with Gasteiger partial charge in [0.05, 0.1) is 0 Å². The topological polar surface area (TPSA) is 72.5 Å². The number of carbonyl (C=O) groups excluding carboxylic acids is 1. The van der Waals surface area contributed by atoms with Crippen molar-refractivity contribution in [1.29, 1.82) is 0 Å². The van der Waals surface area contributed by atoms with E-state index in [1.165, 1.54) is 18.2 Å². The molecule has 1 aliphatic heterocycles. The van der Waals surface area contributed by atoms with Crippen LogP contribution < -0.4 is 20.1 Å². The number of anilines is 1. The number of carbonyl (C=O) groups is 1. The van der Waals surface area contributed by atoms with E-state index < -0.39 is 18.1 Å². The van der Waals surface area contributed by atoms with Crippen molar-refractivity contribution in [2.45, 2.75) is 19.0 Å². The van der Waals surface area contributed by atoms with Crippen LogP contribution in [0.4, 0.5) is 23.8 Å². The molecule has 0 unspecified atom stereocenters. The first kappa shape index (κ1) is 17.2. The molecule has 2 amide bonds. The molecule has 0 saturated heterocycles. The average molecular weight is 374 g/mol. The van der Waals surface area contributed by atoms with Crippen LogP contribution in [0.2, 0.25) is 5.02 Å². The van der Waals surface area contributed by atoms with Gasteiger partial charge in [0.1, 0.15) is 5.82 Å². The first-order valence-corrected chi connectivity index (χ1v) is 7.33. The molecule has 0 bridgehead atoms. The van der Waals surface area contributed by atoms with Crippen LogP contribution >= 0.6 is 11.6 Å². The number of aryl methyl sites for hydroxylation is 1. The lowest BCUT2D eigenvalue weighted by Gasteiger charge is -2.29. The molecule has 132 valence electrons. The van der Waals surface area contributed by atoms with E-state index in [0.29, 0.717) is 5.69 Å². The number of aromatic nitrogens is 1. The summed E-state index contributed by atoms with van der Waals surface area (Å²) in [6.45, 7) is 1.67. The maximum Gasteiger partial charge on any atom is 0.492 e. The number of amides is 2. The van der Waals surface area contributed by atoms with Crippen LogP contribution in [0.3, 0.4) is 0 Å². The average Bonchev–Trinajstić information content (AvgIpc) is 2.85. The van der Waals surface area contributed by atoms with Crippen LogP contribution in [0, 0.1) is 6.92 Å². The first-order valence-electron chi connectivity index (χ1n) is 6.96. The Bertz CT molecular complexity index is 831. The number of benzene rings is 1. The maximum absolute atomic E-state index is 13.5. The van der Waals surface area contributed by atoms with E-state index >= 15 is 0 Å². The number of fused-ring (bicyclic) bond motifs is 1. The molecule has 1 aliphatic rings. The number of hydrogen-bond acceptors (Lipinski definition) is 4. The third-order valence-corrected chi connectivity index (χ3v) is 3.43. The Morgan fingerprint density at radius 1 is 1.20 bits per heavy atom. The quantitative estimate of drug-likeness (QED) is 0.838. The monoisotopic (exact) mass is 373 g/mol. The summed E-state index contributed by atoms with van der Waals surface area (Å²) in [7, 11) is 0. The first-order chi connectivity index (χ1) is 11.7. The van der Waals surface area contributed by atoms with Gasteiger partial charge in [-0.2, -0.15) is 13.2 Å². The molecule has 1 aromatic heterocycles. The summed E-state index contributed by atoms with van der Waals surface area (Å²) >= 11 is 5.73. The van der Waals surface area contributed by atoms with Crippen LogP contribution in [-0.4, -0.2) is 23.1 Å². The lowest BCUT2D eigenvalue weighted by molar-refractivity contribution is -0.317. The number of halogens is 4. The van der Waals surface area contributed by atoms with Crippen molar-refractivity contribution >= 4 is 23.4 Å². The Morgan fingerprint density at radius 3 is 2.60 bits per heavy atom. The molecule has 25 heavy (non-hydrogen) atoms. The van der Waals surface area contributed by atoms with E-state index in [2.05, 4.69) is 10.3 Å². The summed E-state index contributed by atoms with van der Waals surface area (Å²) in [6.07, 6.45) is -5.06. The van der Waals surface area contributed by atoms with E-state index in [-0.39, 0.29) is 22.3 Å². The molecule has 2 aromatic rings. The van der Waals surface area contributed by atoms with Gasteiger partial charge in [-0.15, -0.1) is 0 Å². The Labute approximate surface area is 144 Å². The van der Waals surface area contributed by atoms with Gasteiger partial charge in [-0.05, 0) is 31.2 Å².